The number of unbranched alkanes of at least 4 members (excludes halogenated alkanes) is 6. The van der Waals surface area contributed by atoms with Crippen molar-refractivity contribution in [2.45, 2.75) is 78.1 Å². The van der Waals surface area contributed by atoms with Crippen LogP contribution in [0, 0.1) is 0 Å². The molecule has 4 rings (SSSR count). The Labute approximate surface area is 237 Å². The summed E-state index contributed by atoms with van der Waals surface area (Å²) in [6.45, 7) is 4.56. The number of hydrogen-bond acceptors (Lipinski definition) is 4. The molecule has 0 atom stereocenters. The molecule has 4 aromatic rings. The lowest BCUT2D eigenvalue weighted by molar-refractivity contribution is 0.667. The quantitative estimate of drug-likeness (QED) is 0.126. The van der Waals surface area contributed by atoms with Crippen molar-refractivity contribution >= 4 is 77.2 Å². The van der Waals surface area contributed by atoms with Crippen molar-refractivity contribution in [2.24, 2.45) is 0 Å². The highest BCUT2D eigenvalue weighted by Crippen LogP contribution is 2.50. The molecule has 0 unspecified atom stereocenters. The maximum absolute atomic E-state index is 3.82. The average Bonchev–Trinajstić information content (AvgIpc) is 3.60. The highest BCUT2D eigenvalue weighted by molar-refractivity contribution is 9.12. The third-order valence-electron chi connectivity index (χ3n) is 6.09. The molecule has 6 heteroatoms. The molecule has 182 valence electrons. The van der Waals surface area contributed by atoms with Crippen molar-refractivity contribution in [3.63, 3.8) is 0 Å². The molecule has 0 aliphatic heterocycles. The third-order valence-corrected chi connectivity index (χ3v) is 11.9. The molecule has 0 N–H and O–H groups in total. The van der Waals surface area contributed by atoms with Crippen LogP contribution in [0.25, 0.3) is 30.6 Å². The van der Waals surface area contributed by atoms with E-state index in [1.165, 1.54) is 114 Å². The summed E-state index contributed by atoms with van der Waals surface area (Å²) in [6, 6.07) is 9.56. The Morgan fingerprint density at radius 3 is 1.82 bits per heavy atom. The van der Waals surface area contributed by atoms with Crippen LogP contribution in [-0.4, -0.2) is 0 Å². The van der Waals surface area contributed by atoms with Gasteiger partial charge in [-0.15, -0.1) is 45.3 Å². The van der Waals surface area contributed by atoms with E-state index in [9.17, 15) is 0 Å². The Hall–Kier alpha value is -0.240. The van der Waals surface area contributed by atoms with E-state index < -0.39 is 0 Å². The standard InChI is InChI=1S/C28H32Br2S4/c1-3-5-7-9-11-19-13-23(31-17-19)24-15-21(22-16-26(29)34-28(22)30)27(33-24)25-14-20(18-32-25)12-10-8-6-4-2/h13-18H,3-12H2,1-2H3. The Morgan fingerprint density at radius 1 is 0.618 bits per heavy atom. The van der Waals surface area contributed by atoms with Gasteiger partial charge in [0.25, 0.3) is 0 Å². The summed E-state index contributed by atoms with van der Waals surface area (Å²) < 4.78 is 2.37. The van der Waals surface area contributed by atoms with E-state index in [1.807, 2.05) is 34.0 Å². The Kier molecular flexibility index (Phi) is 10.5. The van der Waals surface area contributed by atoms with Gasteiger partial charge < -0.3 is 0 Å². The molecule has 0 saturated carbocycles. The van der Waals surface area contributed by atoms with E-state index in [1.54, 1.807) is 11.3 Å². The number of hydrogen-bond donors (Lipinski definition) is 0. The zero-order valence-corrected chi connectivity index (χ0v) is 26.4. The van der Waals surface area contributed by atoms with Gasteiger partial charge in [0.2, 0.25) is 0 Å². The lowest BCUT2D eigenvalue weighted by atomic mass is 10.1. The van der Waals surface area contributed by atoms with Crippen molar-refractivity contribution in [3.8, 4) is 30.6 Å². The first-order valence-corrected chi connectivity index (χ1v) is 17.3. The van der Waals surface area contributed by atoms with Crippen LogP contribution in [0.15, 0.2) is 42.6 Å². The third kappa shape index (κ3) is 6.95. The molecule has 0 bridgehead atoms. The number of rotatable bonds is 13. The van der Waals surface area contributed by atoms with Gasteiger partial charge in [0, 0.05) is 25.8 Å². The number of thiophene rings is 4. The van der Waals surface area contributed by atoms with Crippen LogP contribution in [0.4, 0.5) is 0 Å². The van der Waals surface area contributed by atoms with Crippen LogP contribution in [-0.2, 0) is 12.8 Å². The monoisotopic (exact) mass is 654 g/mol. The van der Waals surface area contributed by atoms with Gasteiger partial charge in [0.05, 0.1) is 12.4 Å². The molecule has 34 heavy (non-hydrogen) atoms. The molecular weight excluding hydrogens is 624 g/mol. The second-order valence-corrected chi connectivity index (χ2v) is 15.5. The molecule has 4 heterocycles. The van der Waals surface area contributed by atoms with Gasteiger partial charge >= 0.3 is 0 Å². The van der Waals surface area contributed by atoms with E-state index in [0.29, 0.717) is 0 Å². The number of halogens is 2. The largest absolute Gasteiger partial charge is 0.143 e. The molecule has 0 aliphatic carbocycles. The maximum Gasteiger partial charge on any atom is 0.0789 e. The van der Waals surface area contributed by atoms with Crippen LogP contribution >= 0.6 is 77.2 Å². The lowest BCUT2D eigenvalue weighted by Crippen LogP contribution is -1.82. The second kappa shape index (κ2) is 13.3. The minimum Gasteiger partial charge on any atom is -0.143 e. The molecule has 0 spiro atoms. The van der Waals surface area contributed by atoms with Gasteiger partial charge in [-0.3, -0.25) is 0 Å². The van der Waals surface area contributed by atoms with E-state index in [2.05, 4.69) is 80.7 Å². The fourth-order valence-electron chi connectivity index (χ4n) is 4.19. The maximum atomic E-state index is 3.82. The first kappa shape index (κ1) is 26.8. The molecule has 0 nitrogen and oxygen atoms in total. The van der Waals surface area contributed by atoms with Crippen LogP contribution in [0.1, 0.15) is 76.3 Å². The summed E-state index contributed by atoms with van der Waals surface area (Å²) in [5, 5.41) is 4.75. The SMILES string of the molecule is CCCCCCc1csc(-c2cc(-c3cc(Br)sc3Br)c(-c3cc(CCCCCC)cs3)s2)c1. The summed E-state index contributed by atoms with van der Waals surface area (Å²) in [5.41, 5.74) is 5.64. The van der Waals surface area contributed by atoms with E-state index in [-0.39, 0.29) is 0 Å². The zero-order valence-electron chi connectivity index (χ0n) is 19.9. The zero-order chi connectivity index (χ0) is 23.9. The molecule has 0 radical (unpaired) electrons. The van der Waals surface area contributed by atoms with Gasteiger partial charge in [-0.2, -0.15) is 0 Å². The lowest BCUT2D eigenvalue weighted by Gasteiger charge is -2.00. The first-order valence-electron chi connectivity index (χ1n) is 12.3. The summed E-state index contributed by atoms with van der Waals surface area (Å²) >= 11 is 15.0. The van der Waals surface area contributed by atoms with Crippen LogP contribution in [0.5, 0.6) is 0 Å². The molecule has 0 aromatic carbocycles. The molecule has 4 aromatic heterocycles. The Morgan fingerprint density at radius 2 is 1.24 bits per heavy atom. The average molecular weight is 657 g/mol. The van der Waals surface area contributed by atoms with Gasteiger partial charge in [-0.05, 0) is 104 Å². The number of aryl methyl sites for hydroxylation is 2. The van der Waals surface area contributed by atoms with Crippen molar-refractivity contribution in [1.82, 2.24) is 0 Å². The van der Waals surface area contributed by atoms with Crippen molar-refractivity contribution < 1.29 is 0 Å². The summed E-state index contributed by atoms with van der Waals surface area (Å²) in [5.74, 6) is 0. The predicted octanol–water partition coefficient (Wildman–Crippen LogP) is 12.7. The topological polar surface area (TPSA) is 0 Å². The fraction of sp³-hybridized carbons (Fsp3) is 0.429. The van der Waals surface area contributed by atoms with Gasteiger partial charge in [-0.25, -0.2) is 0 Å². The highest BCUT2D eigenvalue weighted by atomic mass is 79.9. The highest BCUT2D eigenvalue weighted by Gasteiger charge is 2.20. The fourth-order valence-corrected chi connectivity index (χ4v) is 10.3. The van der Waals surface area contributed by atoms with Crippen LogP contribution in [0.3, 0.4) is 0 Å². The summed E-state index contributed by atoms with van der Waals surface area (Å²) in [7, 11) is 0. The van der Waals surface area contributed by atoms with Gasteiger partial charge in [0.1, 0.15) is 0 Å². The first-order chi connectivity index (χ1) is 16.6. The van der Waals surface area contributed by atoms with E-state index in [4.69, 9.17) is 0 Å². The molecule has 0 saturated heterocycles. The Balaban J connectivity index is 1.61. The van der Waals surface area contributed by atoms with Crippen molar-refractivity contribution in [1.29, 1.82) is 0 Å². The molecule has 0 fully saturated rings. The van der Waals surface area contributed by atoms with E-state index in [0.717, 1.165) is 0 Å². The van der Waals surface area contributed by atoms with Crippen molar-refractivity contribution in [2.75, 3.05) is 0 Å². The summed E-state index contributed by atoms with van der Waals surface area (Å²) in [6.07, 6.45) is 13.0. The smallest absolute Gasteiger partial charge is 0.0789 e. The predicted molar refractivity (Wildman–Crippen MR) is 165 cm³/mol. The van der Waals surface area contributed by atoms with Crippen LogP contribution < -0.4 is 0 Å². The van der Waals surface area contributed by atoms with Crippen molar-refractivity contribution in [3.05, 3.63) is 53.7 Å². The van der Waals surface area contributed by atoms with Gasteiger partial charge in [-0.1, -0.05) is 52.4 Å². The van der Waals surface area contributed by atoms with E-state index >= 15 is 0 Å². The Bertz CT molecular complexity index is 1180. The second-order valence-electron chi connectivity index (χ2n) is 8.85. The normalized spacial score (nSPS) is 11.5. The van der Waals surface area contributed by atoms with Crippen LogP contribution in [0.2, 0.25) is 0 Å². The molecular formula is C28H32Br2S4. The summed E-state index contributed by atoms with van der Waals surface area (Å²) in [4.78, 5) is 5.61. The minimum absolute atomic E-state index is 1.17. The van der Waals surface area contributed by atoms with Gasteiger partial charge in [0.15, 0.2) is 0 Å². The molecule has 0 amide bonds. The molecule has 0 aliphatic rings. The minimum atomic E-state index is 1.17.